The number of ether oxygens (including phenoxy) is 2. The number of morpholine rings is 1. The van der Waals surface area contributed by atoms with Crippen molar-refractivity contribution >= 4 is 41.1 Å². The van der Waals surface area contributed by atoms with Gasteiger partial charge in [0.1, 0.15) is 6.04 Å². The Morgan fingerprint density at radius 1 is 1.24 bits per heavy atom. The first-order valence-electron chi connectivity index (χ1n) is 9.59. The zero-order valence-corrected chi connectivity index (χ0v) is 18.1. The van der Waals surface area contributed by atoms with Crippen molar-refractivity contribution in [2.24, 2.45) is 0 Å². The lowest BCUT2D eigenvalue weighted by Crippen LogP contribution is -2.42. The van der Waals surface area contributed by atoms with Crippen molar-refractivity contribution in [2.75, 3.05) is 44.9 Å². The third kappa shape index (κ3) is 8.24. The minimum atomic E-state index is -0.736. The molecule has 1 aliphatic heterocycles. The highest BCUT2D eigenvalue weighted by atomic mass is 35.5. The quantitative estimate of drug-likeness (QED) is 0.442. The zero-order valence-electron chi connectivity index (χ0n) is 16.5. The van der Waals surface area contributed by atoms with Gasteiger partial charge in [0.15, 0.2) is 0 Å². The van der Waals surface area contributed by atoms with Gasteiger partial charge in [-0.2, -0.15) is 11.8 Å². The molecule has 0 aliphatic carbocycles. The van der Waals surface area contributed by atoms with Crippen LogP contribution in [-0.2, 0) is 19.1 Å². The third-order valence-corrected chi connectivity index (χ3v) is 5.35. The van der Waals surface area contributed by atoms with E-state index < -0.39 is 12.0 Å². The lowest BCUT2D eigenvalue weighted by molar-refractivity contribution is -0.147. The van der Waals surface area contributed by atoms with Gasteiger partial charge >= 0.3 is 5.97 Å². The molecule has 160 valence electrons. The molecule has 7 nitrogen and oxygen atoms in total. The second kappa shape index (κ2) is 12.7. The lowest BCUT2D eigenvalue weighted by Gasteiger charge is -2.26. The van der Waals surface area contributed by atoms with E-state index in [2.05, 4.69) is 5.32 Å². The number of carbonyl (C=O) groups excluding carboxylic acids is 3. The molecule has 1 atom stereocenters. The van der Waals surface area contributed by atoms with Crippen LogP contribution >= 0.6 is 23.4 Å². The van der Waals surface area contributed by atoms with Crippen LogP contribution in [-0.4, -0.2) is 73.6 Å². The van der Waals surface area contributed by atoms with Gasteiger partial charge in [-0.25, -0.2) is 4.79 Å². The van der Waals surface area contributed by atoms with Gasteiger partial charge in [-0.3, -0.25) is 9.59 Å². The molecule has 29 heavy (non-hydrogen) atoms. The largest absolute Gasteiger partial charge is 0.464 e. The summed E-state index contributed by atoms with van der Waals surface area (Å²) in [4.78, 5) is 38.7. The van der Waals surface area contributed by atoms with E-state index in [0.717, 1.165) is 0 Å². The van der Waals surface area contributed by atoms with Crippen LogP contribution in [0.4, 0.5) is 0 Å². The zero-order chi connectivity index (χ0) is 21.1. The number of halogens is 1. The summed E-state index contributed by atoms with van der Waals surface area (Å²) in [6.45, 7) is 2.47. The summed E-state index contributed by atoms with van der Waals surface area (Å²) in [7, 11) is 0. The molecule has 0 aromatic heterocycles. The number of esters is 1. The Kier molecular flexibility index (Phi) is 10.3. The molecule has 9 heteroatoms. The predicted octanol–water partition coefficient (Wildman–Crippen LogP) is 2.37. The summed E-state index contributed by atoms with van der Waals surface area (Å²) in [5, 5.41) is 3.26. The van der Waals surface area contributed by atoms with Crippen molar-refractivity contribution in [3.8, 4) is 0 Å². The van der Waals surface area contributed by atoms with Crippen molar-refractivity contribution in [2.45, 2.75) is 25.3 Å². The van der Waals surface area contributed by atoms with E-state index in [1.54, 1.807) is 40.9 Å². The number of hydrogen-bond acceptors (Lipinski definition) is 6. The van der Waals surface area contributed by atoms with Gasteiger partial charge in [0.05, 0.1) is 19.8 Å². The van der Waals surface area contributed by atoms with E-state index in [1.165, 1.54) is 0 Å². The van der Waals surface area contributed by atoms with Crippen LogP contribution in [0.1, 0.15) is 29.6 Å². The van der Waals surface area contributed by atoms with Gasteiger partial charge < -0.3 is 19.7 Å². The van der Waals surface area contributed by atoms with Gasteiger partial charge in [-0.15, -0.1) is 0 Å². The standard InChI is InChI=1S/C20H27ClN2O5S/c1-29-14-8-17(22-19(25)15-4-6-16(21)7-5-15)20(26)28-11-2-3-18(24)23-9-12-27-13-10-23/h4-7,17H,2-3,8-14H2,1H3,(H,22,25)/t17-/m0/s1. The van der Waals surface area contributed by atoms with Gasteiger partial charge in [-0.05, 0) is 49.1 Å². The number of carbonyl (C=O) groups is 3. The smallest absolute Gasteiger partial charge is 0.328 e. The summed E-state index contributed by atoms with van der Waals surface area (Å²) >= 11 is 7.43. The van der Waals surface area contributed by atoms with Gasteiger partial charge in [-0.1, -0.05) is 11.6 Å². The molecule has 2 amide bonds. The molecule has 1 heterocycles. The van der Waals surface area contributed by atoms with E-state index in [4.69, 9.17) is 21.1 Å². The van der Waals surface area contributed by atoms with Crippen LogP contribution in [0, 0.1) is 0 Å². The molecular formula is C20H27ClN2O5S. The highest BCUT2D eigenvalue weighted by Gasteiger charge is 2.23. The average molecular weight is 443 g/mol. The Morgan fingerprint density at radius 3 is 2.59 bits per heavy atom. The maximum Gasteiger partial charge on any atom is 0.328 e. The maximum atomic E-state index is 12.4. The van der Waals surface area contributed by atoms with Crippen LogP contribution < -0.4 is 5.32 Å². The first-order valence-corrected chi connectivity index (χ1v) is 11.4. The molecule has 0 bridgehead atoms. The number of amides is 2. The van der Waals surface area contributed by atoms with Gasteiger partial charge in [0.25, 0.3) is 5.91 Å². The Balaban J connectivity index is 1.78. The Morgan fingerprint density at radius 2 is 1.93 bits per heavy atom. The molecule has 0 radical (unpaired) electrons. The lowest BCUT2D eigenvalue weighted by atomic mass is 10.1. The molecule has 1 aromatic carbocycles. The summed E-state index contributed by atoms with van der Waals surface area (Å²) in [5.41, 5.74) is 0.424. The van der Waals surface area contributed by atoms with Gasteiger partial charge in [0, 0.05) is 30.1 Å². The normalized spacial score (nSPS) is 14.9. The van der Waals surface area contributed by atoms with Crippen LogP contribution in [0.3, 0.4) is 0 Å². The molecule has 1 aromatic rings. The average Bonchev–Trinajstić information content (AvgIpc) is 2.74. The molecule has 0 spiro atoms. The molecule has 1 saturated heterocycles. The first-order chi connectivity index (χ1) is 14.0. The second-order valence-corrected chi connectivity index (χ2v) is 8.00. The molecule has 1 N–H and O–H groups in total. The predicted molar refractivity (Wildman–Crippen MR) is 113 cm³/mol. The third-order valence-electron chi connectivity index (χ3n) is 4.45. The molecular weight excluding hydrogens is 416 g/mol. The fraction of sp³-hybridized carbons (Fsp3) is 0.550. The van der Waals surface area contributed by atoms with Crippen molar-refractivity contribution in [3.05, 3.63) is 34.9 Å². The van der Waals surface area contributed by atoms with Crippen molar-refractivity contribution in [1.29, 1.82) is 0 Å². The molecule has 0 saturated carbocycles. The number of hydrogen-bond donors (Lipinski definition) is 1. The molecule has 2 rings (SSSR count). The van der Waals surface area contributed by atoms with Crippen LogP contribution in [0.2, 0.25) is 5.02 Å². The molecule has 0 unspecified atom stereocenters. The number of nitrogens with zero attached hydrogens (tertiary/aromatic N) is 1. The summed E-state index contributed by atoms with van der Waals surface area (Å²) < 4.78 is 10.5. The van der Waals surface area contributed by atoms with Crippen molar-refractivity contribution < 1.29 is 23.9 Å². The maximum absolute atomic E-state index is 12.4. The van der Waals surface area contributed by atoms with Crippen LogP contribution in [0.15, 0.2) is 24.3 Å². The number of thioether (sulfide) groups is 1. The van der Waals surface area contributed by atoms with Crippen LogP contribution in [0.5, 0.6) is 0 Å². The Hall–Kier alpha value is -1.77. The van der Waals surface area contributed by atoms with E-state index >= 15 is 0 Å². The van der Waals surface area contributed by atoms with E-state index in [1.807, 2.05) is 6.26 Å². The summed E-state index contributed by atoms with van der Waals surface area (Å²) in [5.74, 6) is -0.0948. The van der Waals surface area contributed by atoms with Gasteiger partial charge in [0.2, 0.25) is 5.91 Å². The Labute approximate surface area is 180 Å². The monoisotopic (exact) mass is 442 g/mol. The summed E-state index contributed by atoms with van der Waals surface area (Å²) in [6.07, 6.45) is 3.16. The van der Waals surface area contributed by atoms with Crippen LogP contribution in [0.25, 0.3) is 0 Å². The topological polar surface area (TPSA) is 84.9 Å². The summed E-state index contributed by atoms with van der Waals surface area (Å²) in [6, 6.07) is 5.71. The Bertz CT molecular complexity index is 680. The van der Waals surface area contributed by atoms with Crippen molar-refractivity contribution in [1.82, 2.24) is 10.2 Å². The number of benzene rings is 1. The van der Waals surface area contributed by atoms with E-state index in [9.17, 15) is 14.4 Å². The minimum absolute atomic E-state index is 0.0410. The molecule has 1 aliphatic rings. The number of rotatable bonds is 10. The van der Waals surface area contributed by atoms with E-state index in [0.29, 0.717) is 61.9 Å². The minimum Gasteiger partial charge on any atom is -0.464 e. The fourth-order valence-corrected chi connectivity index (χ4v) is 3.39. The fourth-order valence-electron chi connectivity index (χ4n) is 2.80. The second-order valence-electron chi connectivity index (χ2n) is 6.58. The van der Waals surface area contributed by atoms with E-state index in [-0.39, 0.29) is 18.4 Å². The SMILES string of the molecule is CSCC[C@H](NC(=O)c1ccc(Cl)cc1)C(=O)OCCCC(=O)N1CCOCC1. The molecule has 1 fully saturated rings. The highest BCUT2D eigenvalue weighted by molar-refractivity contribution is 7.98. The first kappa shape index (κ1) is 23.5. The highest BCUT2D eigenvalue weighted by Crippen LogP contribution is 2.11. The number of nitrogens with one attached hydrogen (secondary N) is 1. The van der Waals surface area contributed by atoms with Crippen molar-refractivity contribution in [3.63, 3.8) is 0 Å².